The fraction of sp³-hybridized carbons (Fsp3) is 0.611. The molecule has 2 aliphatic heterocycles. The normalized spacial score (nSPS) is 23.9. The second-order valence-corrected chi connectivity index (χ2v) is 6.77. The number of nitrogens with zero attached hydrogens (tertiary/aromatic N) is 2. The number of morpholine rings is 1. The summed E-state index contributed by atoms with van der Waals surface area (Å²) >= 11 is 0. The predicted molar refractivity (Wildman–Crippen MR) is 91.5 cm³/mol. The first-order valence-electron chi connectivity index (χ1n) is 8.55. The summed E-state index contributed by atoms with van der Waals surface area (Å²) in [5, 5.41) is 0. The molecule has 0 radical (unpaired) electrons. The molecule has 1 amide bonds. The van der Waals surface area contributed by atoms with E-state index in [1.165, 1.54) is 0 Å². The van der Waals surface area contributed by atoms with Crippen molar-refractivity contribution in [3.8, 4) is 0 Å². The lowest BCUT2D eigenvalue weighted by molar-refractivity contribution is -0.0423. The first-order chi connectivity index (χ1) is 11.0. The summed E-state index contributed by atoms with van der Waals surface area (Å²) in [5.41, 5.74) is 8.22. The molecule has 0 spiro atoms. The molecule has 1 unspecified atom stereocenters. The van der Waals surface area contributed by atoms with Gasteiger partial charge in [0.1, 0.15) is 0 Å². The van der Waals surface area contributed by atoms with Crippen molar-refractivity contribution in [2.24, 2.45) is 0 Å². The Labute approximate surface area is 138 Å². The monoisotopic (exact) mass is 317 g/mol. The van der Waals surface area contributed by atoms with Gasteiger partial charge in [0.2, 0.25) is 0 Å². The fourth-order valence-corrected chi connectivity index (χ4v) is 3.65. The van der Waals surface area contributed by atoms with E-state index in [2.05, 4.69) is 11.8 Å². The molecule has 1 aromatic rings. The lowest BCUT2D eigenvalue weighted by Crippen LogP contribution is -2.51. The van der Waals surface area contributed by atoms with E-state index in [1.54, 1.807) is 6.07 Å². The topological polar surface area (TPSA) is 58.8 Å². The number of rotatable bonds is 2. The molecule has 2 aliphatic rings. The third-order valence-electron chi connectivity index (χ3n) is 5.03. The molecule has 0 aliphatic carbocycles. The largest absolute Gasteiger partial charge is 0.399 e. The summed E-state index contributed by atoms with van der Waals surface area (Å²) in [6, 6.07) is 6.14. The maximum Gasteiger partial charge on any atom is 0.254 e. The van der Waals surface area contributed by atoms with Crippen LogP contribution in [0.3, 0.4) is 0 Å². The lowest BCUT2D eigenvalue weighted by Gasteiger charge is -2.41. The van der Waals surface area contributed by atoms with Gasteiger partial charge in [0.15, 0.2) is 0 Å². The number of carbonyl (C=O) groups is 1. The van der Waals surface area contributed by atoms with Crippen molar-refractivity contribution < 1.29 is 9.53 Å². The number of nitrogen functional groups attached to an aromatic ring is 1. The van der Waals surface area contributed by atoms with Gasteiger partial charge in [0.25, 0.3) is 5.91 Å². The Morgan fingerprint density at radius 2 is 2.00 bits per heavy atom. The van der Waals surface area contributed by atoms with Crippen LogP contribution >= 0.6 is 0 Å². The third kappa shape index (κ3) is 3.67. The van der Waals surface area contributed by atoms with E-state index in [-0.39, 0.29) is 5.91 Å². The second kappa shape index (κ2) is 6.89. The summed E-state index contributed by atoms with van der Waals surface area (Å²) < 4.78 is 5.62. The number of amides is 1. The molecule has 2 N–H and O–H groups in total. The van der Waals surface area contributed by atoms with E-state index in [1.807, 2.05) is 24.0 Å². The van der Waals surface area contributed by atoms with Crippen molar-refractivity contribution in [3.05, 3.63) is 29.3 Å². The Kier molecular flexibility index (Phi) is 4.87. The van der Waals surface area contributed by atoms with Crippen LogP contribution in [0.4, 0.5) is 5.69 Å². The molecule has 3 rings (SSSR count). The van der Waals surface area contributed by atoms with Gasteiger partial charge < -0.3 is 15.4 Å². The predicted octanol–water partition coefficient (Wildman–Crippen LogP) is 1.90. The molecule has 1 aromatic carbocycles. The highest BCUT2D eigenvalue weighted by molar-refractivity contribution is 5.96. The Morgan fingerprint density at radius 3 is 2.70 bits per heavy atom. The summed E-state index contributed by atoms with van der Waals surface area (Å²) in [7, 11) is 0. The van der Waals surface area contributed by atoms with Gasteiger partial charge in [-0.05, 0) is 44.4 Å². The molecule has 0 saturated carbocycles. The number of aryl methyl sites for hydroxylation is 1. The van der Waals surface area contributed by atoms with Crippen LogP contribution in [0.15, 0.2) is 18.2 Å². The van der Waals surface area contributed by atoms with E-state index < -0.39 is 0 Å². The number of nitrogens with two attached hydrogens (primary N) is 1. The average molecular weight is 317 g/mol. The minimum Gasteiger partial charge on any atom is -0.399 e. The van der Waals surface area contributed by atoms with Crippen LogP contribution in [0.2, 0.25) is 0 Å². The molecule has 0 aromatic heterocycles. The van der Waals surface area contributed by atoms with Gasteiger partial charge in [-0.1, -0.05) is 6.07 Å². The molecular formula is C18H27N3O2. The summed E-state index contributed by atoms with van der Waals surface area (Å²) in [6.07, 6.45) is 2.40. The molecule has 126 valence electrons. The highest BCUT2D eigenvalue weighted by Gasteiger charge is 2.30. The third-order valence-corrected chi connectivity index (χ3v) is 5.03. The Bertz CT molecular complexity index is 567. The van der Waals surface area contributed by atoms with Gasteiger partial charge in [-0.15, -0.1) is 0 Å². The van der Waals surface area contributed by atoms with E-state index in [0.29, 0.717) is 17.8 Å². The molecule has 0 bridgehead atoms. The SMILES string of the molecule is Cc1ccc(N)cc1C(=O)N1CCC(N2CCOC(C)C2)CC1. The molecule has 2 saturated heterocycles. The Balaban J connectivity index is 1.60. The zero-order chi connectivity index (χ0) is 16.4. The van der Waals surface area contributed by atoms with Crippen molar-refractivity contribution in [2.75, 3.05) is 38.5 Å². The minimum atomic E-state index is 0.114. The van der Waals surface area contributed by atoms with Crippen molar-refractivity contribution in [3.63, 3.8) is 0 Å². The zero-order valence-corrected chi connectivity index (χ0v) is 14.1. The summed E-state index contributed by atoms with van der Waals surface area (Å²) in [5.74, 6) is 0.114. The van der Waals surface area contributed by atoms with Crippen LogP contribution < -0.4 is 5.73 Å². The van der Waals surface area contributed by atoms with Crippen LogP contribution in [-0.2, 0) is 4.74 Å². The smallest absolute Gasteiger partial charge is 0.254 e. The summed E-state index contributed by atoms with van der Waals surface area (Å²) in [6.45, 7) is 8.59. The molecule has 2 heterocycles. The van der Waals surface area contributed by atoms with Crippen molar-refractivity contribution in [1.82, 2.24) is 9.80 Å². The number of benzene rings is 1. The Hall–Kier alpha value is -1.59. The van der Waals surface area contributed by atoms with Crippen LogP contribution in [-0.4, -0.2) is 60.6 Å². The standard InChI is InChI=1S/C18H27N3O2/c1-13-3-4-15(19)11-17(13)18(22)20-7-5-16(6-8-20)21-9-10-23-14(2)12-21/h3-4,11,14,16H,5-10,12,19H2,1-2H3. The van der Waals surface area contributed by atoms with E-state index in [4.69, 9.17) is 10.5 Å². The number of likely N-dealkylation sites (tertiary alicyclic amines) is 1. The van der Waals surface area contributed by atoms with Gasteiger partial charge in [-0.25, -0.2) is 0 Å². The van der Waals surface area contributed by atoms with Crippen molar-refractivity contribution in [2.45, 2.75) is 38.8 Å². The number of hydrogen-bond donors (Lipinski definition) is 1. The first-order valence-corrected chi connectivity index (χ1v) is 8.55. The fourth-order valence-electron chi connectivity index (χ4n) is 3.65. The molecule has 23 heavy (non-hydrogen) atoms. The maximum atomic E-state index is 12.7. The first kappa shape index (κ1) is 16.3. The van der Waals surface area contributed by atoms with E-state index in [9.17, 15) is 4.79 Å². The maximum absolute atomic E-state index is 12.7. The summed E-state index contributed by atoms with van der Waals surface area (Å²) in [4.78, 5) is 17.2. The lowest BCUT2D eigenvalue weighted by atomic mass is 10.00. The van der Waals surface area contributed by atoms with Crippen LogP contribution in [0.5, 0.6) is 0 Å². The molecule has 5 nitrogen and oxygen atoms in total. The van der Waals surface area contributed by atoms with Crippen LogP contribution in [0.25, 0.3) is 0 Å². The van der Waals surface area contributed by atoms with Gasteiger partial charge in [0.05, 0.1) is 12.7 Å². The van der Waals surface area contributed by atoms with Crippen LogP contribution in [0, 0.1) is 6.92 Å². The van der Waals surface area contributed by atoms with Gasteiger partial charge in [-0.3, -0.25) is 9.69 Å². The Morgan fingerprint density at radius 1 is 1.26 bits per heavy atom. The highest BCUT2D eigenvalue weighted by Crippen LogP contribution is 2.22. The van der Waals surface area contributed by atoms with Crippen molar-refractivity contribution in [1.29, 1.82) is 0 Å². The van der Waals surface area contributed by atoms with Crippen LogP contribution in [0.1, 0.15) is 35.7 Å². The quantitative estimate of drug-likeness (QED) is 0.847. The molecular weight excluding hydrogens is 290 g/mol. The van der Waals surface area contributed by atoms with Gasteiger partial charge in [-0.2, -0.15) is 0 Å². The number of ether oxygens (including phenoxy) is 1. The minimum absolute atomic E-state index is 0.114. The number of carbonyl (C=O) groups excluding carboxylic acids is 1. The van der Waals surface area contributed by atoms with Gasteiger partial charge in [0, 0.05) is 43.5 Å². The second-order valence-electron chi connectivity index (χ2n) is 6.77. The zero-order valence-electron chi connectivity index (χ0n) is 14.1. The van der Waals surface area contributed by atoms with E-state index >= 15 is 0 Å². The van der Waals surface area contributed by atoms with Gasteiger partial charge >= 0.3 is 0 Å². The molecule has 5 heteroatoms. The average Bonchev–Trinajstić information content (AvgIpc) is 2.56. The molecule has 1 atom stereocenters. The van der Waals surface area contributed by atoms with Crippen molar-refractivity contribution >= 4 is 11.6 Å². The number of piperidine rings is 1. The number of anilines is 1. The van der Waals surface area contributed by atoms with E-state index in [0.717, 1.165) is 56.8 Å². The molecule has 2 fully saturated rings. The number of hydrogen-bond acceptors (Lipinski definition) is 4. The highest BCUT2D eigenvalue weighted by atomic mass is 16.5.